The van der Waals surface area contributed by atoms with E-state index in [0.29, 0.717) is 6.54 Å². The molecule has 7 heteroatoms. The average molecular weight is 358 g/mol. The first-order valence-corrected chi connectivity index (χ1v) is 9.29. The number of H-pyrrole nitrogens is 1. The van der Waals surface area contributed by atoms with E-state index in [9.17, 15) is 0 Å². The molecular weight excluding hydrogens is 332 g/mol. The summed E-state index contributed by atoms with van der Waals surface area (Å²) in [7, 11) is 3.36. The Kier molecular flexibility index (Phi) is 5.08. The summed E-state index contributed by atoms with van der Waals surface area (Å²) in [5.74, 6) is 3.20. The Labute approximate surface area is 153 Å². The van der Waals surface area contributed by atoms with Crippen molar-refractivity contribution >= 4 is 0 Å². The van der Waals surface area contributed by atoms with Crippen LogP contribution < -0.4 is 14.8 Å². The summed E-state index contributed by atoms with van der Waals surface area (Å²) in [4.78, 5) is 4.59. The van der Waals surface area contributed by atoms with Crippen LogP contribution in [0.5, 0.6) is 11.5 Å². The third kappa shape index (κ3) is 3.41. The highest BCUT2D eigenvalue weighted by Crippen LogP contribution is 2.38. The van der Waals surface area contributed by atoms with Crippen LogP contribution in [0.3, 0.4) is 0 Å². The topological polar surface area (TPSA) is 81.3 Å². The number of aromatic nitrogens is 3. The van der Waals surface area contributed by atoms with E-state index in [-0.39, 0.29) is 12.1 Å². The lowest BCUT2D eigenvalue weighted by Crippen LogP contribution is -2.25. The van der Waals surface area contributed by atoms with Crippen molar-refractivity contribution in [1.29, 1.82) is 0 Å². The Bertz CT molecular complexity index is 755. The van der Waals surface area contributed by atoms with Crippen molar-refractivity contribution in [1.82, 2.24) is 20.5 Å². The Balaban J connectivity index is 1.46. The average Bonchev–Trinajstić information content (AvgIpc) is 3.36. The standard InChI is InChI=1S/C19H26N4O3/c1-24-16-9-12-5-3-6-14(13(12)10-17(16)25-2)20-11-18-21-19(23-22-18)15-7-4-8-26-15/h9-10,14-15,20H,3-8,11H2,1-2H3,(H,21,22,23). The van der Waals surface area contributed by atoms with Crippen molar-refractivity contribution in [3.8, 4) is 11.5 Å². The van der Waals surface area contributed by atoms with Crippen LogP contribution in [0, 0.1) is 0 Å². The van der Waals surface area contributed by atoms with Gasteiger partial charge in [-0.15, -0.1) is 0 Å². The molecule has 1 saturated heterocycles. The highest BCUT2D eigenvalue weighted by Gasteiger charge is 2.24. The predicted octanol–water partition coefficient (Wildman–Crippen LogP) is 2.84. The summed E-state index contributed by atoms with van der Waals surface area (Å²) in [5, 5.41) is 11.0. The first kappa shape index (κ1) is 17.3. The number of aryl methyl sites for hydroxylation is 1. The SMILES string of the molecule is COc1cc2c(cc1OC)C(NCc1nc(C3CCCO3)n[nH]1)CCC2. The molecule has 1 aromatic heterocycles. The molecule has 2 aromatic rings. The maximum Gasteiger partial charge on any atom is 0.179 e. The van der Waals surface area contributed by atoms with Crippen LogP contribution in [0.4, 0.5) is 0 Å². The van der Waals surface area contributed by atoms with E-state index in [2.05, 4.69) is 32.6 Å². The Morgan fingerprint density at radius 1 is 1.19 bits per heavy atom. The maximum atomic E-state index is 5.65. The van der Waals surface area contributed by atoms with Crippen LogP contribution in [0.15, 0.2) is 12.1 Å². The van der Waals surface area contributed by atoms with E-state index in [4.69, 9.17) is 14.2 Å². The molecule has 0 radical (unpaired) electrons. The van der Waals surface area contributed by atoms with E-state index in [1.165, 1.54) is 11.1 Å². The number of hydrogen-bond acceptors (Lipinski definition) is 6. The van der Waals surface area contributed by atoms with Gasteiger partial charge in [-0.05, 0) is 55.4 Å². The van der Waals surface area contributed by atoms with Crippen molar-refractivity contribution in [2.24, 2.45) is 0 Å². The zero-order valence-electron chi connectivity index (χ0n) is 15.4. The molecule has 0 amide bonds. The first-order valence-electron chi connectivity index (χ1n) is 9.29. The second-order valence-electron chi connectivity index (χ2n) is 6.87. The molecule has 0 spiro atoms. The monoisotopic (exact) mass is 358 g/mol. The van der Waals surface area contributed by atoms with Gasteiger partial charge in [0.1, 0.15) is 11.9 Å². The third-order valence-corrected chi connectivity index (χ3v) is 5.24. The van der Waals surface area contributed by atoms with Crippen molar-refractivity contribution in [2.75, 3.05) is 20.8 Å². The molecule has 2 aliphatic rings. The zero-order chi connectivity index (χ0) is 17.9. The van der Waals surface area contributed by atoms with Gasteiger partial charge in [0.05, 0.1) is 20.8 Å². The number of benzene rings is 1. The van der Waals surface area contributed by atoms with E-state index in [1.54, 1.807) is 14.2 Å². The summed E-state index contributed by atoms with van der Waals surface area (Å²) in [6.45, 7) is 1.45. The molecule has 0 bridgehead atoms. The fourth-order valence-electron chi connectivity index (χ4n) is 3.88. The molecule has 0 saturated carbocycles. The summed E-state index contributed by atoms with van der Waals surface area (Å²) in [5.41, 5.74) is 2.61. The molecule has 1 aliphatic heterocycles. The molecule has 4 rings (SSSR count). The van der Waals surface area contributed by atoms with Gasteiger partial charge in [0.15, 0.2) is 17.3 Å². The molecule has 7 nitrogen and oxygen atoms in total. The smallest absolute Gasteiger partial charge is 0.179 e. The molecule has 140 valence electrons. The van der Waals surface area contributed by atoms with Gasteiger partial charge in [-0.25, -0.2) is 4.98 Å². The quantitative estimate of drug-likeness (QED) is 0.826. The molecule has 1 aromatic carbocycles. The fraction of sp³-hybridized carbons (Fsp3) is 0.579. The fourth-order valence-corrected chi connectivity index (χ4v) is 3.88. The summed E-state index contributed by atoms with van der Waals surface area (Å²) in [6, 6.07) is 4.48. The second kappa shape index (κ2) is 7.63. The number of hydrogen-bond donors (Lipinski definition) is 2. The zero-order valence-corrected chi connectivity index (χ0v) is 15.4. The first-order chi connectivity index (χ1) is 12.8. The minimum atomic E-state index is 0.0483. The van der Waals surface area contributed by atoms with Crippen LogP contribution in [-0.2, 0) is 17.7 Å². The van der Waals surface area contributed by atoms with Crippen molar-refractivity contribution < 1.29 is 14.2 Å². The Morgan fingerprint density at radius 2 is 2.04 bits per heavy atom. The lowest BCUT2D eigenvalue weighted by molar-refractivity contribution is 0.105. The minimum absolute atomic E-state index is 0.0483. The molecule has 1 aliphatic carbocycles. The normalized spacial score (nSPS) is 22.2. The van der Waals surface area contributed by atoms with Crippen molar-refractivity contribution in [3.63, 3.8) is 0 Å². The van der Waals surface area contributed by atoms with Gasteiger partial charge in [-0.2, -0.15) is 5.10 Å². The van der Waals surface area contributed by atoms with Crippen LogP contribution in [0.25, 0.3) is 0 Å². The van der Waals surface area contributed by atoms with Gasteiger partial charge in [0, 0.05) is 12.6 Å². The molecular formula is C19H26N4O3. The number of fused-ring (bicyclic) bond motifs is 1. The Hall–Kier alpha value is -2.12. The number of rotatable bonds is 6. The molecule has 2 unspecified atom stereocenters. The van der Waals surface area contributed by atoms with Crippen molar-refractivity contribution in [2.45, 2.75) is 50.8 Å². The summed E-state index contributed by atoms with van der Waals surface area (Å²) < 4.78 is 16.6. The number of methoxy groups -OCH3 is 2. The molecule has 2 atom stereocenters. The molecule has 1 fully saturated rings. The van der Waals surface area contributed by atoms with E-state index in [0.717, 1.165) is 61.9 Å². The molecule has 26 heavy (non-hydrogen) atoms. The second-order valence-corrected chi connectivity index (χ2v) is 6.87. The van der Waals surface area contributed by atoms with Crippen LogP contribution >= 0.6 is 0 Å². The lowest BCUT2D eigenvalue weighted by Gasteiger charge is -2.27. The van der Waals surface area contributed by atoms with Gasteiger partial charge < -0.3 is 19.5 Å². The highest BCUT2D eigenvalue weighted by molar-refractivity contribution is 5.49. The van der Waals surface area contributed by atoms with E-state index in [1.807, 2.05) is 0 Å². The summed E-state index contributed by atoms with van der Waals surface area (Å²) >= 11 is 0. The maximum absolute atomic E-state index is 5.65. The summed E-state index contributed by atoms with van der Waals surface area (Å²) in [6.07, 6.45) is 5.44. The largest absolute Gasteiger partial charge is 0.493 e. The van der Waals surface area contributed by atoms with Crippen LogP contribution in [0.1, 0.15) is 60.6 Å². The third-order valence-electron chi connectivity index (χ3n) is 5.24. The molecule has 2 N–H and O–H groups in total. The van der Waals surface area contributed by atoms with E-state index < -0.39 is 0 Å². The van der Waals surface area contributed by atoms with Gasteiger partial charge >= 0.3 is 0 Å². The van der Waals surface area contributed by atoms with Crippen LogP contribution in [-0.4, -0.2) is 36.0 Å². The number of nitrogens with zero attached hydrogens (tertiary/aromatic N) is 2. The predicted molar refractivity (Wildman–Crippen MR) is 96.4 cm³/mol. The highest BCUT2D eigenvalue weighted by atomic mass is 16.5. The van der Waals surface area contributed by atoms with Crippen molar-refractivity contribution in [3.05, 3.63) is 34.9 Å². The van der Waals surface area contributed by atoms with Gasteiger partial charge in [0.25, 0.3) is 0 Å². The van der Waals surface area contributed by atoms with Gasteiger partial charge in [-0.3, -0.25) is 5.10 Å². The number of ether oxygens (including phenoxy) is 3. The minimum Gasteiger partial charge on any atom is -0.493 e. The van der Waals surface area contributed by atoms with Gasteiger partial charge in [0.2, 0.25) is 0 Å². The van der Waals surface area contributed by atoms with Crippen LogP contribution in [0.2, 0.25) is 0 Å². The van der Waals surface area contributed by atoms with E-state index >= 15 is 0 Å². The number of nitrogens with one attached hydrogen (secondary N) is 2. The number of aromatic amines is 1. The molecule has 2 heterocycles. The lowest BCUT2D eigenvalue weighted by atomic mass is 9.87. The van der Waals surface area contributed by atoms with Gasteiger partial charge in [-0.1, -0.05) is 0 Å². The Morgan fingerprint density at radius 3 is 2.81 bits per heavy atom.